The van der Waals surface area contributed by atoms with Gasteiger partial charge < -0.3 is 15.8 Å². The second-order valence-electron chi connectivity index (χ2n) is 4.04. The topological polar surface area (TPSA) is 64.3 Å². The number of halogens is 2. The summed E-state index contributed by atoms with van der Waals surface area (Å²) in [5.41, 5.74) is 6.71. The molecule has 0 atom stereocenters. The van der Waals surface area contributed by atoms with E-state index in [0.717, 1.165) is 0 Å². The lowest BCUT2D eigenvalue weighted by molar-refractivity contribution is -0.118. The van der Waals surface area contributed by atoms with Crippen molar-refractivity contribution in [3.8, 4) is 5.75 Å². The third-order valence-corrected chi connectivity index (χ3v) is 2.92. The summed E-state index contributed by atoms with van der Waals surface area (Å²) in [6, 6.07) is 11.1. The van der Waals surface area contributed by atoms with Crippen molar-refractivity contribution in [1.82, 2.24) is 0 Å². The Labute approximate surface area is 123 Å². The summed E-state index contributed by atoms with van der Waals surface area (Å²) < 4.78 is 19.2. The van der Waals surface area contributed by atoms with Crippen LogP contribution in [0, 0.1) is 5.82 Å². The Bertz CT molecular complexity index is 634. The Kier molecular flexibility index (Phi) is 4.57. The first kappa shape index (κ1) is 14.3. The molecule has 104 valence electrons. The van der Waals surface area contributed by atoms with Crippen LogP contribution in [-0.4, -0.2) is 12.5 Å². The molecule has 0 heterocycles. The average molecular weight is 339 g/mol. The molecular formula is C14H12BrFN2O2. The standard InChI is InChI=1S/C14H12BrFN2O2/c15-9-4-5-13(12(16)6-9)20-8-14(19)18-11-3-1-2-10(17)7-11/h1-7H,8,17H2,(H,18,19). The molecule has 0 aliphatic carbocycles. The van der Waals surface area contributed by atoms with Crippen molar-refractivity contribution < 1.29 is 13.9 Å². The molecule has 0 aliphatic rings. The molecular weight excluding hydrogens is 327 g/mol. The summed E-state index contributed by atoms with van der Waals surface area (Å²) >= 11 is 3.14. The lowest BCUT2D eigenvalue weighted by atomic mass is 10.3. The minimum atomic E-state index is -0.531. The maximum absolute atomic E-state index is 13.5. The average Bonchev–Trinajstić information content (AvgIpc) is 2.37. The SMILES string of the molecule is Nc1cccc(NC(=O)COc2ccc(Br)cc2F)c1. The highest BCUT2D eigenvalue weighted by atomic mass is 79.9. The summed E-state index contributed by atoms with van der Waals surface area (Å²) in [6.07, 6.45) is 0. The zero-order valence-corrected chi connectivity index (χ0v) is 12.0. The third kappa shape index (κ3) is 3.96. The van der Waals surface area contributed by atoms with Gasteiger partial charge in [-0.15, -0.1) is 0 Å². The predicted octanol–water partition coefficient (Wildman–Crippen LogP) is 3.19. The van der Waals surface area contributed by atoms with Crippen molar-refractivity contribution in [3.63, 3.8) is 0 Å². The monoisotopic (exact) mass is 338 g/mol. The number of benzene rings is 2. The van der Waals surface area contributed by atoms with E-state index in [1.807, 2.05) is 0 Å². The number of amides is 1. The quantitative estimate of drug-likeness (QED) is 0.841. The molecule has 0 saturated heterocycles. The molecule has 1 amide bonds. The summed E-state index contributed by atoms with van der Waals surface area (Å²) in [4.78, 5) is 11.7. The van der Waals surface area contributed by atoms with Gasteiger partial charge in [0, 0.05) is 15.8 Å². The Morgan fingerprint density at radius 1 is 1.30 bits per heavy atom. The van der Waals surface area contributed by atoms with Gasteiger partial charge in [0.25, 0.3) is 5.91 Å². The first-order chi connectivity index (χ1) is 9.54. The van der Waals surface area contributed by atoms with Gasteiger partial charge in [0.15, 0.2) is 18.2 Å². The van der Waals surface area contributed by atoms with Crippen molar-refractivity contribution in [2.75, 3.05) is 17.7 Å². The number of nitrogens with one attached hydrogen (secondary N) is 1. The molecule has 4 nitrogen and oxygen atoms in total. The molecule has 2 aromatic carbocycles. The van der Waals surface area contributed by atoms with Gasteiger partial charge in [0.2, 0.25) is 0 Å². The minimum absolute atomic E-state index is 0.0240. The van der Waals surface area contributed by atoms with Gasteiger partial charge >= 0.3 is 0 Å². The van der Waals surface area contributed by atoms with Crippen LogP contribution in [0.15, 0.2) is 46.9 Å². The Morgan fingerprint density at radius 3 is 2.80 bits per heavy atom. The fraction of sp³-hybridized carbons (Fsp3) is 0.0714. The lowest BCUT2D eigenvalue weighted by Crippen LogP contribution is -2.20. The van der Waals surface area contributed by atoms with Crippen LogP contribution in [0.3, 0.4) is 0 Å². The number of hydrogen-bond acceptors (Lipinski definition) is 3. The van der Waals surface area contributed by atoms with Crippen molar-refractivity contribution in [2.45, 2.75) is 0 Å². The van der Waals surface area contributed by atoms with Gasteiger partial charge in [0.1, 0.15) is 0 Å². The zero-order valence-electron chi connectivity index (χ0n) is 10.4. The van der Waals surface area contributed by atoms with Crippen molar-refractivity contribution in [3.05, 3.63) is 52.8 Å². The van der Waals surface area contributed by atoms with Crippen LogP contribution in [0.4, 0.5) is 15.8 Å². The van der Waals surface area contributed by atoms with E-state index < -0.39 is 11.7 Å². The molecule has 0 fully saturated rings. The second kappa shape index (κ2) is 6.38. The van der Waals surface area contributed by atoms with Gasteiger partial charge in [0.05, 0.1) is 0 Å². The number of nitrogens with two attached hydrogens (primary N) is 1. The molecule has 0 aliphatic heterocycles. The maximum Gasteiger partial charge on any atom is 0.262 e. The molecule has 6 heteroatoms. The highest BCUT2D eigenvalue weighted by Crippen LogP contribution is 2.21. The number of hydrogen-bond donors (Lipinski definition) is 2. The van der Waals surface area contributed by atoms with E-state index in [1.165, 1.54) is 12.1 Å². The largest absolute Gasteiger partial charge is 0.481 e. The number of carbonyl (C=O) groups excluding carboxylic acids is 1. The number of anilines is 2. The van der Waals surface area contributed by atoms with Gasteiger partial charge in [-0.3, -0.25) is 4.79 Å². The fourth-order valence-electron chi connectivity index (χ4n) is 1.55. The minimum Gasteiger partial charge on any atom is -0.481 e. The van der Waals surface area contributed by atoms with E-state index in [9.17, 15) is 9.18 Å². The van der Waals surface area contributed by atoms with E-state index >= 15 is 0 Å². The highest BCUT2D eigenvalue weighted by molar-refractivity contribution is 9.10. The van der Waals surface area contributed by atoms with Crippen LogP contribution in [0.2, 0.25) is 0 Å². The van der Waals surface area contributed by atoms with E-state index in [2.05, 4.69) is 21.2 Å². The summed E-state index contributed by atoms with van der Waals surface area (Å²) in [5, 5.41) is 2.61. The van der Waals surface area contributed by atoms with Crippen LogP contribution < -0.4 is 15.8 Å². The first-order valence-corrected chi connectivity index (χ1v) is 6.57. The molecule has 0 bridgehead atoms. The Morgan fingerprint density at radius 2 is 2.10 bits per heavy atom. The number of ether oxygens (including phenoxy) is 1. The number of rotatable bonds is 4. The molecule has 0 saturated carbocycles. The van der Waals surface area contributed by atoms with Crippen molar-refractivity contribution in [1.29, 1.82) is 0 Å². The van der Waals surface area contributed by atoms with E-state index in [-0.39, 0.29) is 12.4 Å². The molecule has 2 aromatic rings. The summed E-state index contributed by atoms with van der Waals surface area (Å²) in [6.45, 7) is -0.284. The van der Waals surface area contributed by atoms with Gasteiger partial charge in [-0.1, -0.05) is 22.0 Å². The first-order valence-electron chi connectivity index (χ1n) is 5.78. The van der Waals surface area contributed by atoms with Gasteiger partial charge in [-0.25, -0.2) is 4.39 Å². The summed E-state index contributed by atoms with van der Waals surface area (Å²) in [5.74, 6) is -0.898. The smallest absolute Gasteiger partial charge is 0.262 e. The van der Waals surface area contributed by atoms with Crippen LogP contribution in [-0.2, 0) is 4.79 Å². The maximum atomic E-state index is 13.5. The lowest BCUT2D eigenvalue weighted by Gasteiger charge is -2.08. The van der Waals surface area contributed by atoms with E-state index in [4.69, 9.17) is 10.5 Å². The van der Waals surface area contributed by atoms with Crippen molar-refractivity contribution >= 4 is 33.2 Å². The number of carbonyl (C=O) groups is 1. The van der Waals surface area contributed by atoms with E-state index in [1.54, 1.807) is 30.3 Å². The molecule has 0 radical (unpaired) electrons. The normalized spacial score (nSPS) is 10.1. The summed E-state index contributed by atoms with van der Waals surface area (Å²) in [7, 11) is 0. The van der Waals surface area contributed by atoms with Crippen LogP contribution in [0.25, 0.3) is 0 Å². The third-order valence-electron chi connectivity index (χ3n) is 2.42. The molecule has 2 rings (SSSR count). The molecule has 3 N–H and O–H groups in total. The molecule has 0 spiro atoms. The van der Waals surface area contributed by atoms with Crippen molar-refractivity contribution in [2.24, 2.45) is 0 Å². The predicted molar refractivity (Wildman–Crippen MR) is 79.1 cm³/mol. The Hall–Kier alpha value is -2.08. The molecule has 0 aromatic heterocycles. The van der Waals surface area contributed by atoms with Crippen LogP contribution >= 0.6 is 15.9 Å². The fourth-order valence-corrected chi connectivity index (χ4v) is 1.88. The zero-order chi connectivity index (χ0) is 14.5. The van der Waals surface area contributed by atoms with Gasteiger partial charge in [-0.2, -0.15) is 0 Å². The van der Waals surface area contributed by atoms with Gasteiger partial charge in [-0.05, 0) is 36.4 Å². The molecule has 20 heavy (non-hydrogen) atoms. The van der Waals surface area contributed by atoms with E-state index in [0.29, 0.717) is 15.8 Å². The number of nitrogen functional groups attached to an aromatic ring is 1. The second-order valence-corrected chi connectivity index (χ2v) is 4.95. The molecule has 0 unspecified atom stereocenters. The highest BCUT2D eigenvalue weighted by Gasteiger charge is 2.07. The van der Waals surface area contributed by atoms with Crippen LogP contribution in [0.5, 0.6) is 5.75 Å². The van der Waals surface area contributed by atoms with Crippen LogP contribution in [0.1, 0.15) is 0 Å². The Balaban J connectivity index is 1.92.